The van der Waals surface area contributed by atoms with E-state index in [4.69, 9.17) is 4.74 Å². The van der Waals surface area contributed by atoms with Crippen LogP contribution in [-0.2, 0) is 9.53 Å². The van der Waals surface area contributed by atoms with Gasteiger partial charge in [0.1, 0.15) is 0 Å². The first kappa shape index (κ1) is 24.8. The van der Waals surface area contributed by atoms with E-state index in [9.17, 15) is 4.79 Å². The topological polar surface area (TPSA) is 54.1 Å². The van der Waals surface area contributed by atoms with Gasteiger partial charge in [-0.15, -0.1) is 0 Å². The molecule has 38 heavy (non-hydrogen) atoms. The van der Waals surface area contributed by atoms with Gasteiger partial charge in [-0.05, 0) is 86.6 Å². The summed E-state index contributed by atoms with van der Waals surface area (Å²) in [6, 6.07) is 19.4. The van der Waals surface area contributed by atoms with E-state index in [1.165, 1.54) is 39.8 Å². The van der Waals surface area contributed by atoms with E-state index in [0.717, 1.165) is 55.3 Å². The van der Waals surface area contributed by atoms with Crippen LogP contribution in [0.5, 0.6) is 0 Å². The van der Waals surface area contributed by atoms with E-state index < -0.39 is 0 Å². The predicted octanol–water partition coefficient (Wildman–Crippen LogP) is 8.17. The Balaban J connectivity index is 1.51. The molecule has 2 N–H and O–H groups in total. The summed E-state index contributed by atoms with van der Waals surface area (Å²) in [6.45, 7) is 6.19. The van der Waals surface area contributed by atoms with Gasteiger partial charge < -0.3 is 15.0 Å². The van der Waals surface area contributed by atoms with E-state index in [-0.39, 0.29) is 18.0 Å². The van der Waals surface area contributed by atoms with Crippen molar-refractivity contribution in [3.8, 4) is 0 Å². The standard InChI is InChI=1S/C34H38N2O2/c1-4-11-21(2)38-34(37)31-22(3)36-30-19-25(23-12-6-5-7-13-23)18-27(24-14-10-15-24)32(30)33(31)28-20-35-29-17-9-8-16-26(28)29/h5-9,12-13,16-17,20-21,25,33,35-36H,4,10-11,14-15,18-19H2,1-3H3. The summed E-state index contributed by atoms with van der Waals surface area (Å²) in [5.74, 6) is 0.0875. The lowest BCUT2D eigenvalue weighted by Gasteiger charge is -2.41. The number of H-pyrrole nitrogens is 1. The van der Waals surface area contributed by atoms with Crippen molar-refractivity contribution in [1.82, 2.24) is 10.3 Å². The van der Waals surface area contributed by atoms with Crippen LogP contribution < -0.4 is 5.32 Å². The smallest absolute Gasteiger partial charge is 0.337 e. The normalized spacial score (nSPS) is 22.2. The molecule has 0 spiro atoms. The number of ether oxygens (including phenoxy) is 1. The molecule has 4 heteroatoms. The fraction of sp³-hybridized carbons (Fsp3) is 0.382. The van der Waals surface area contributed by atoms with E-state index >= 15 is 0 Å². The van der Waals surface area contributed by atoms with Gasteiger partial charge in [-0.3, -0.25) is 0 Å². The minimum atomic E-state index is -0.194. The molecule has 2 heterocycles. The van der Waals surface area contributed by atoms with Crippen molar-refractivity contribution >= 4 is 16.9 Å². The SMILES string of the molecule is CCCC(C)OC(=O)C1=C(C)NC2=C(C(=C3CCC3)CC(c3ccccc3)C2)C1c1c[nH]c2ccccc12. The molecule has 3 unspecified atom stereocenters. The number of allylic oxidation sites excluding steroid dienone is 5. The first-order valence-electron chi connectivity index (χ1n) is 14.3. The molecule has 4 nitrogen and oxygen atoms in total. The molecule has 0 amide bonds. The van der Waals surface area contributed by atoms with Crippen molar-refractivity contribution in [3.63, 3.8) is 0 Å². The van der Waals surface area contributed by atoms with Gasteiger partial charge >= 0.3 is 5.97 Å². The molecule has 3 atom stereocenters. The molecular formula is C34H38N2O2. The molecule has 1 fully saturated rings. The summed E-state index contributed by atoms with van der Waals surface area (Å²) in [4.78, 5) is 17.4. The molecule has 6 rings (SSSR count). The third-order valence-electron chi connectivity index (χ3n) is 8.68. The highest BCUT2D eigenvalue weighted by molar-refractivity contribution is 5.96. The van der Waals surface area contributed by atoms with E-state index in [1.807, 2.05) is 6.92 Å². The third kappa shape index (κ3) is 4.40. The summed E-state index contributed by atoms with van der Waals surface area (Å²) in [6.07, 6.45) is 9.40. The van der Waals surface area contributed by atoms with Gasteiger partial charge in [0.2, 0.25) is 0 Å². The average Bonchev–Trinajstić information content (AvgIpc) is 3.31. The van der Waals surface area contributed by atoms with Crippen molar-refractivity contribution in [2.45, 2.75) is 83.7 Å². The van der Waals surface area contributed by atoms with Crippen LogP contribution in [0.15, 0.2) is 94.5 Å². The molecule has 196 valence electrons. The average molecular weight is 507 g/mol. The highest BCUT2D eigenvalue weighted by Crippen LogP contribution is 2.53. The first-order chi connectivity index (χ1) is 18.5. The Labute approximate surface area is 225 Å². The lowest BCUT2D eigenvalue weighted by Crippen LogP contribution is -2.34. The predicted molar refractivity (Wildman–Crippen MR) is 154 cm³/mol. The Kier molecular flexibility index (Phi) is 6.73. The van der Waals surface area contributed by atoms with E-state index in [0.29, 0.717) is 5.92 Å². The van der Waals surface area contributed by atoms with Gasteiger partial charge in [-0.2, -0.15) is 0 Å². The number of hydrogen-bond donors (Lipinski definition) is 2. The Bertz CT molecular complexity index is 1450. The second-order valence-electron chi connectivity index (χ2n) is 11.2. The van der Waals surface area contributed by atoms with E-state index in [1.54, 1.807) is 5.57 Å². The maximum atomic E-state index is 13.9. The lowest BCUT2D eigenvalue weighted by atomic mass is 9.67. The second-order valence-corrected chi connectivity index (χ2v) is 11.2. The zero-order valence-corrected chi connectivity index (χ0v) is 22.8. The number of hydrogen-bond acceptors (Lipinski definition) is 3. The number of carbonyl (C=O) groups excluding carboxylic acids is 1. The van der Waals surface area contributed by atoms with Crippen molar-refractivity contribution in [2.75, 3.05) is 0 Å². The molecule has 1 aromatic heterocycles. The minimum absolute atomic E-state index is 0.106. The summed E-state index contributed by atoms with van der Waals surface area (Å²) < 4.78 is 6.06. The quantitative estimate of drug-likeness (QED) is 0.332. The van der Waals surface area contributed by atoms with Crippen molar-refractivity contribution in [1.29, 1.82) is 0 Å². The number of para-hydroxylation sites is 1. The molecule has 1 saturated carbocycles. The maximum Gasteiger partial charge on any atom is 0.337 e. The maximum absolute atomic E-state index is 13.9. The molecule has 2 aliphatic carbocycles. The molecule has 3 aromatic rings. The van der Waals surface area contributed by atoms with Crippen LogP contribution in [0.4, 0.5) is 0 Å². The van der Waals surface area contributed by atoms with Crippen LogP contribution in [0.3, 0.4) is 0 Å². The number of esters is 1. The molecule has 3 aliphatic rings. The van der Waals surface area contributed by atoms with Gasteiger partial charge in [-0.25, -0.2) is 4.79 Å². The van der Waals surface area contributed by atoms with Crippen LogP contribution >= 0.6 is 0 Å². The largest absolute Gasteiger partial charge is 0.459 e. The van der Waals surface area contributed by atoms with Gasteiger partial charge in [0, 0.05) is 34.4 Å². The summed E-state index contributed by atoms with van der Waals surface area (Å²) in [5.41, 5.74) is 10.9. The Morgan fingerprint density at radius 1 is 1.05 bits per heavy atom. The van der Waals surface area contributed by atoms with Gasteiger partial charge in [0.15, 0.2) is 0 Å². The van der Waals surface area contributed by atoms with Crippen molar-refractivity contribution in [2.24, 2.45) is 0 Å². The minimum Gasteiger partial charge on any atom is -0.459 e. The monoisotopic (exact) mass is 506 g/mol. The van der Waals surface area contributed by atoms with Crippen molar-refractivity contribution in [3.05, 3.63) is 106 Å². The summed E-state index contributed by atoms with van der Waals surface area (Å²) >= 11 is 0. The van der Waals surface area contributed by atoms with Crippen LogP contribution in [0.25, 0.3) is 10.9 Å². The lowest BCUT2D eigenvalue weighted by molar-refractivity contribution is -0.144. The number of aromatic amines is 1. The second kappa shape index (κ2) is 10.3. The molecule has 1 aliphatic heterocycles. The van der Waals surface area contributed by atoms with Gasteiger partial charge in [0.05, 0.1) is 11.7 Å². The number of fused-ring (bicyclic) bond motifs is 1. The van der Waals surface area contributed by atoms with Crippen LogP contribution in [0, 0.1) is 0 Å². The highest BCUT2D eigenvalue weighted by Gasteiger charge is 2.42. The number of aromatic nitrogens is 1. The highest BCUT2D eigenvalue weighted by atomic mass is 16.5. The summed E-state index contributed by atoms with van der Waals surface area (Å²) in [5, 5.41) is 4.92. The molecule has 0 radical (unpaired) electrons. The first-order valence-corrected chi connectivity index (χ1v) is 14.3. The Hall–Kier alpha value is -3.53. The van der Waals surface area contributed by atoms with Crippen molar-refractivity contribution < 1.29 is 9.53 Å². The Morgan fingerprint density at radius 3 is 2.55 bits per heavy atom. The molecule has 2 aromatic carbocycles. The van der Waals surface area contributed by atoms with Gasteiger partial charge in [-0.1, -0.05) is 67.4 Å². The number of carbonyl (C=O) groups is 1. The fourth-order valence-corrected chi connectivity index (χ4v) is 6.67. The van der Waals surface area contributed by atoms with Crippen LogP contribution in [0.1, 0.15) is 88.7 Å². The van der Waals surface area contributed by atoms with Crippen LogP contribution in [0.2, 0.25) is 0 Å². The number of rotatable bonds is 6. The molecule has 0 saturated heterocycles. The third-order valence-corrected chi connectivity index (χ3v) is 8.68. The van der Waals surface area contributed by atoms with Crippen LogP contribution in [-0.4, -0.2) is 17.1 Å². The zero-order valence-electron chi connectivity index (χ0n) is 22.8. The number of nitrogens with one attached hydrogen (secondary N) is 2. The Morgan fingerprint density at radius 2 is 1.82 bits per heavy atom. The van der Waals surface area contributed by atoms with E-state index in [2.05, 4.69) is 84.9 Å². The van der Waals surface area contributed by atoms with Gasteiger partial charge in [0.25, 0.3) is 0 Å². The zero-order chi connectivity index (χ0) is 26.2. The number of dihydropyridines is 1. The number of benzene rings is 2. The molecular weight excluding hydrogens is 468 g/mol. The fourth-order valence-electron chi connectivity index (χ4n) is 6.67. The molecule has 0 bridgehead atoms. The summed E-state index contributed by atoms with van der Waals surface area (Å²) in [7, 11) is 0.